The van der Waals surface area contributed by atoms with Crippen LogP contribution in [-0.2, 0) is 19.0 Å². The van der Waals surface area contributed by atoms with Gasteiger partial charge in [0.1, 0.15) is 12.2 Å². The summed E-state index contributed by atoms with van der Waals surface area (Å²) in [7, 11) is 0. The number of hydrogen-bond acceptors (Lipinski definition) is 4. The molecule has 0 N–H and O–H groups in total. The fourth-order valence-electron chi connectivity index (χ4n) is 1.63. The van der Waals surface area contributed by atoms with Crippen LogP contribution in [0.15, 0.2) is 12.7 Å². The van der Waals surface area contributed by atoms with Crippen molar-refractivity contribution in [3.63, 3.8) is 0 Å². The Hall–Kier alpha value is -0.870. The van der Waals surface area contributed by atoms with E-state index in [0.29, 0.717) is 6.61 Å². The molecule has 1 aliphatic heterocycles. The van der Waals surface area contributed by atoms with Crippen LogP contribution >= 0.6 is 0 Å². The van der Waals surface area contributed by atoms with E-state index in [9.17, 15) is 4.79 Å². The fraction of sp³-hybridized carbons (Fsp3) is 0.769. The number of carbonyl (C=O) groups is 1. The second kappa shape index (κ2) is 4.42. The Morgan fingerprint density at radius 3 is 2.35 bits per heavy atom. The molecule has 4 nitrogen and oxygen atoms in total. The molecule has 0 amide bonds. The van der Waals surface area contributed by atoms with Crippen molar-refractivity contribution in [1.82, 2.24) is 0 Å². The molecule has 0 aromatic carbocycles. The lowest BCUT2D eigenvalue weighted by Crippen LogP contribution is -2.62. The van der Waals surface area contributed by atoms with Gasteiger partial charge in [-0.3, -0.25) is 0 Å². The van der Waals surface area contributed by atoms with Crippen LogP contribution in [0.25, 0.3) is 0 Å². The minimum Gasteiger partial charge on any atom is -0.459 e. The number of rotatable bonds is 3. The van der Waals surface area contributed by atoms with E-state index in [2.05, 4.69) is 6.58 Å². The molecule has 1 saturated heterocycles. The highest BCUT2D eigenvalue weighted by atomic mass is 16.6. The number of esters is 1. The van der Waals surface area contributed by atoms with Gasteiger partial charge in [-0.15, -0.1) is 0 Å². The van der Waals surface area contributed by atoms with Gasteiger partial charge in [-0.1, -0.05) is 6.58 Å². The van der Waals surface area contributed by atoms with Gasteiger partial charge in [0.05, 0.1) is 17.8 Å². The first kappa shape index (κ1) is 14.2. The standard InChI is InChI=1S/C13H22O4/c1-7-10(14)15-8-13(6)9-16-11(2,3)12(4,5)17-13/h7H,1,8-9H2,2-6H3. The van der Waals surface area contributed by atoms with Crippen LogP contribution in [-0.4, -0.2) is 36.0 Å². The lowest BCUT2D eigenvalue weighted by molar-refractivity contribution is -0.305. The molecule has 17 heavy (non-hydrogen) atoms. The molecule has 1 rings (SSSR count). The van der Waals surface area contributed by atoms with Crippen LogP contribution in [0.1, 0.15) is 34.6 Å². The minimum absolute atomic E-state index is 0.164. The largest absolute Gasteiger partial charge is 0.459 e. The Bertz CT molecular complexity index is 319. The zero-order valence-electron chi connectivity index (χ0n) is 11.3. The quantitative estimate of drug-likeness (QED) is 0.561. The Morgan fingerprint density at radius 1 is 1.29 bits per heavy atom. The van der Waals surface area contributed by atoms with Gasteiger partial charge in [0.2, 0.25) is 0 Å². The summed E-state index contributed by atoms with van der Waals surface area (Å²) in [5.41, 5.74) is -1.42. The van der Waals surface area contributed by atoms with Crippen molar-refractivity contribution in [3.8, 4) is 0 Å². The molecule has 0 bridgehead atoms. The van der Waals surface area contributed by atoms with Gasteiger partial charge >= 0.3 is 5.97 Å². The Labute approximate surface area is 103 Å². The molecule has 1 unspecified atom stereocenters. The third-order valence-corrected chi connectivity index (χ3v) is 3.38. The molecule has 0 spiro atoms. The Morgan fingerprint density at radius 2 is 1.88 bits per heavy atom. The summed E-state index contributed by atoms with van der Waals surface area (Å²) in [6.45, 7) is 13.7. The molecular formula is C13H22O4. The maximum atomic E-state index is 11.0. The van der Waals surface area contributed by atoms with Gasteiger partial charge < -0.3 is 14.2 Å². The average molecular weight is 242 g/mol. The number of ether oxygens (including phenoxy) is 3. The van der Waals surface area contributed by atoms with Crippen LogP contribution in [0.4, 0.5) is 0 Å². The molecule has 0 saturated carbocycles. The maximum absolute atomic E-state index is 11.0. The van der Waals surface area contributed by atoms with E-state index in [-0.39, 0.29) is 12.2 Å². The summed E-state index contributed by atoms with van der Waals surface area (Å²) >= 11 is 0. The Balaban J connectivity index is 2.68. The van der Waals surface area contributed by atoms with Crippen molar-refractivity contribution in [2.24, 2.45) is 0 Å². The van der Waals surface area contributed by atoms with Crippen LogP contribution in [0, 0.1) is 0 Å². The van der Waals surface area contributed by atoms with Gasteiger partial charge in [0.15, 0.2) is 0 Å². The van der Waals surface area contributed by atoms with Crippen molar-refractivity contribution in [2.45, 2.75) is 51.4 Å². The molecule has 0 aliphatic carbocycles. The summed E-state index contributed by atoms with van der Waals surface area (Å²) in [6, 6.07) is 0. The highest BCUT2D eigenvalue weighted by Crippen LogP contribution is 2.38. The Kier molecular flexibility index (Phi) is 3.69. The predicted octanol–water partition coefficient (Wildman–Crippen LogP) is 2.08. The monoisotopic (exact) mass is 242 g/mol. The first-order chi connectivity index (χ1) is 7.62. The molecule has 1 aliphatic rings. The minimum atomic E-state index is -0.613. The maximum Gasteiger partial charge on any atom is 0.330 e. The highest BCUT2D eigenvalue weighted by molar-refractivity contribution is 5.81. The second-order valence-electron chi connectivity index (χ2n) is 5.67. The summed E-state index contributed by atoms with van der Waals surface area (Å²) in [6.07, 6.45) is 1.14. The van der Waals surface area contributed by atoms with Crippen LogP contribution < -0.4 is 0 Å². The summed E-state index contributed by atoms with van der Waals surface area (Å²) < 4.78 is 16.9. The van der Waals surface area contributed by atoms with E-state index in [4.69, 9.17) is 14.2 Å². The molecule has 0 aromatic heterocycles. The van der Waals surface area contributed by atoms with Crippen LogP contribution in [0.2, 0.25) is 0 Å². The normalized spacial score (nSPS) is 30.6. The molecule has 0 radical (unpaired) electrons. The SMILES string of the molecule is C=CC(=O)OCC1(C)COC(C)(C)C(C)(C)O1. The zero-order chi connectivity index (χ0) is 13.3. The fourth-order valence-corrected chi connectivity index (χ4v) is 1.63. The van der Waals surface area contributed by atoms with E-state index >= 15 is 0 Å². The van der Waals surface area contributed by atoms with E-state index in [0.717, 1.165) is 6.08 Å². The van der Waals surface area contributed by atoms with Crippen LogP contribution in [0.5, 0.6) is 0 Å². The van der Waals surface area contributed by atoms with Crippen molar-refractivity contribution < 1.29 is 19.0 Å². The molecule has 0 aromatic rings. The van der Waals surface area contributed by atoms with Crippen LogP contribution in [0.3, 0.4) is 0 Å². The third kappa shape index (κ3) is 3.07. The highest BCUT2D eigenvalue weighted by Gasteiger charge is 2.50. The van der Waals surface area contributed by atoms with E-state index < -0.39 is 17.2 Å². The summed E-state index contributed by atoms with van der Waals surface area (Å²) in [5.74, 6) is -0.447. The van der Waals surface area contributed by atoms with Crippen molar-refractivity contribution in [3.05, 3.63) is 12.7 Å². The van der Waals surface area contributed by atoms with Gasteiger partial charge in [-0.25, -0.2) is 4.79 Å². The van der Waals surface area contributed by atoms with Crippen molar-refractivity contribution in [2.75, 3.05) is 13.2 Å². The summed E-state index contributed by atoms with van der Waals surface area (Å²) in [5, 5.41) is 0. The molecule has 1 fully saturated rings. The smallest absolute Gasteiger partial charge is 0.330 e. The molecule has 98 valence electrons. The zero-order valence-corrected chi connectivity index (χ0v) is 11.3. The lowest BCUT2D eigenvalue weighted by atomic mass is 9.86. The van der Waals surface area contributed by atoms with Gasteiger partial charge in [-0.05, 0) is 34.6 Å². The van der Waals surface area contributed by atoms with Crippen molar-refractivity contribution >= 4 is 5.97 Å². The van der Waals surface area contributed by atoms with E-state index in [1.165, 1.54) is 0 Å². The van der Waals surface area contributed by atoms with E-state index in [1.807, 2.05) is 34.6 Å². The first-order valence-corrected chi connectivity index (χ1v) is 5.75. The molecule has 1 heterocycles. The van der Waals surface area contributed by atoms with Crippen molar-refractivity contribution in [1.29, 1.82) is 0 Å². The lowest BCUT2D eigenvalue weighted by Gasteiger charge is -2.52. The first-order valence-electron chi connectivity index (χ1n) is 5.75. The summed E-state index contributed by atoms with van der Waals surface area (Å²) in [4.78, 5) is 11.0. The topological polar surface area (TPSA) is 44.8 Å². The average Bonchev–Trinajstić information content (AvgIpc) is 2.21. The van der Waals surface area contributed by atoms with Gasteiger partial charge in [-0.2, -0.15) is 0 Å². The number of hydrogen-bond donors (Lipinski definition) is 0. The molecular weight excluding hydrogens is 220 g/mol. The predicted molar refractivity (Wildman–Crippen MR) is 64.8 cm³/mol. The van der Waals surface area contributed by atoms with Gasteiger partial charge in [0, 0.05) is 6.08 Å². The number of carbonyl (C=O) groups excluding carboxylic acids is 1. The van der Waals surface area contributed by atoms with E-state index in [1.54, 1.807) is 0 Å². The molecule has 1 atom stereocenters. The second-order valence-corrected chi connectivity index (χ2v) is 5.67. The molecule has 4 heteroatoms. The third-order valence-electron chi connectivity index (χ3n) is 3.38. The van der Waals surface area contributed by atoms with Gasteiger partial charge in [0.25, 0.3) is 0 Å².